The Hall–Kier alpha value is -1.72. The van der Waals surface area contributed by atoms with E-state index < -0.39 is 34.9 Å². The standard InChI is InChI=1S/C9H9NO5/c1-15-7(13)4-5(11)9(2-3-9)8(14)10-6(4)12/h4H,2-3H2,1H3,(H,10,12,14). The smallest absolute Gasteiger partial charge is 0.325 e. The third-order valence-corrected chi connectivity index (χ3v) is 2.85. The Kier molecular flexibility index (Phi) is 1.89. The molecule has 2 rings (SSSR count). The number of hydrogen-bond donors (Lipinski definition) is 1. The summed E-state index contributed by atoms with van der Waals surface area (Å²) >= 11 is 0. The molecular weight excluding hydrogens is 202 g/mol. The van der Waals surface area contributed by atoms with E-state index in [4.69, 9.17) is 0 Å². The van der Waals surface area contributed by atoms with Crippen molar-refractivity contribution in [3.05, 3.63) is 0 Å². The number of imide groups is 1. The number of piperidine rings is 1. The van der Waals surface area contributed by atoms with Crippen molar-refractivity contribution < 1.29 is 23.9 Å². The van der Waals surface area contributed by atoms with Gasteiger partial charge in [0.25, 0.3) is 0 Å². The van der Waals surface area contributed by atoms with Gasteiger partial charge in [0.1, 0.15) is 5.41 Å². The number of carbonyl (C=O) groups is 4. The maximum Gasteiger partial charge on any atom is 0.325 e. The zero-order valence-electron chi connectivity index (χ0n) is 8.03. The minimum Gasteiger partial charge on any atom is -0.468 e. The van der Waals surface area contributed by atoms with Crippen LogP contribution in [0.5, 0.6) is 0 Å². The molecule has 0 aromatic carbocycles. The highest BCUT2D eigenvalue weighted by atomic mass is 16.5. The third kappa shape index (κ3) is 1.17. The first kappa shape index (κ1) is 9.82. The van der Waals surface area contributed by atoms with Crippen LogP contribution >= 0.6 is 0 Å². The predicted molar refractivity (Wildman–Crippen MR) is 45.3 cm³/mol. The van der Waals surface area contributed by atoms with Gasteiger partial charge in [-0.2, -0.15) is 0 Å². The lowest BCUT2D eigenvalue weighted by molar-refractivity contribution is -0.159. The van der Waals surface area contributed by atoms with Crippen LogP contribution < -0.4 is 5.32 Å². The molecule has 1 unspecified atom stereocenters. The molecule has 0 bridgehead atoms. The number of esters is 1. The van der Waals surface area contributed by atoms with Gasteiger partial charge in [-0.25, -0.2) is 0 Å². The van der Waals surface area contributed by atoms with Crippen molar-refractivity contribution in [3.63, 3.8) is 0 Å². The Balaban J connectivity index is 2.32. The van der Waals surface area contributed by atoms with Crippen molar-refractivity contribution in [2.75, 3.05) is 7.11 Å². The fourth-order valence-corrected chi connectivity index (χ4v) is 1.74. The van der Waals surface area contributed by atoms with Gasteiger partial charge < -0.3 is 4.74 Å². The van der Waals surface area contributed by atoms with Crippen LogP contribution in [0.15, 0.2) is 0 Å². The first-order valence-electron chi connectivity index (χ1n) is 4.50. The molecule has 1 atom stereocenters. The fraction of sp³-hybridized carbons (Fsp3) is 0.556. The van der Waals surface area contributed by atoms with Crippen molar-refractivity contribution >= 4 is 23.6 Å². The number of nitrogens with one attached hydrogen (secondary N) is 1. The molecule has 15 heavy (non-hydrogen) atoms. The van der Waals surface area contributed by atoms with Crippen LogP contribution in [0.25, 0.3) is 0 Å². The van der Waals surface area contributed by atoms with Crippen molar-refractivity contribution in [2.45, 2.75) is 12.8 Å². The number of rotatable bonds is 1. The van der Waals surface area contributed by atoms with Gasteiger partial charge in [0, 0.05) is 0 Å². The van der Waals surface area contributed by atoms with E-state index in [1.54, 1.807) is 0 Å². The average molecular weight is 211 g/mol. The number of carbonyl (C=O) groups excluding carboxylic acids is 4. The Bertz CT molecular complexity index is 382. The highest BCUT2D eigenvalue weighted by Gasteiger charge is 2.64. The first-order valence-corrected chi connectivity index (χ1v) is 4.50. The lowest BCUT2D eigenvalue weighted by Gasteiger charge is -2.24. The van der Waals surface area contributed by atoms with Crippen LogP contribution in [0.2, 0.25) is 0 Å². The second-order valence-corrected chi connectivity index (χ2v) is 3.72. The maximum atomic E-state index is 11.7. The van der Waals surface area contributed by atoms with Crippen LogP contribution in [0.4, 0.5) is 0 Å². The van der Waals surface area contributed by atoms with E-state index in [0.29, 0.717) is 12.8 Å². The van der Waals surface area contributed by atoms with Gasteiger partial charge >= 0.3 is 5.97 Å². The SMILES string of the molecule is COC(=O)C1C(=O)NC(=O)C2(CC2)C1=O. The Morgan fingerprint density at radius 2 is 2.00 bits per heavy atom. The summed E-state index contributed by atoms with van der Waals surface area (Å²) in [4.78, 5) is 45.6. The van der Waals surface area contributed by atoms with E-state index in [9.17, 15) is 19.2 Å². The minimum atomic E-state index is -1.48. The van der Waals surface area contributed by atoms with E-state index in [1.165, 1.54) is 0 Å². The molecule has 1 heterocycles. The van der Waals surface area contributed by atoms with Gasteiger partial charge in [-0.1, -0.05) is 0 Å². The number of ketones is 1. The second-order valence-electron chi connectivity index (χ2n) is 3.72. The molecule has 6 nitrogen and oxygen atoms in total. The van der Waals surface area contributed by atoms with Gasteiger partial charge in [0.15, 0.2) is 11.7 Å². The van der Waals surface area contributed by atoms with Crippen molar-refractivity contribution in [2.24, 2.45) is 11.3 Å². The molecule has 2 aliphatic rings. The number of amides is 2. The largest absolute Gasteiger partial charge is 0.468 e. The van der Waals surface area contributed by atoms with E-state index in [2.05, 4.69) is 4.74 Å². The van der Waals surface area contributed by atoms with Gasteiger partial charge in [-0.15, -0.1) is 0 Å². The first-order chi connectivity index (χ1) is 7.03. The van der Waals surface area contributed by atoms with E-state index in [1.807, 2.05) is 5.32 Å². The molecular formula is C9H9NO5. The Morgan fingerprint density at radius 1 is 1.40 bits per heavy atom. The predicted octanol–water partition coefficient (Wildman–Crippen LogP) is -1.22. The van der Waals surface area contributed by atoms with Crippen LogP contribution in [0.3, 0.4) is 0 Å². The van der Waals surface area contributed by atoms with Gasteiger partial charge in [-0.3, -0.25) is 24.5 Å². The average Bonchev–Trinajstić information content (AvgIpc) is 2.96. The molecule has 1 aliphatic carbocycles. The summed E-state index contributed by atoms with van der Waals surface area (Å²) in [5.74, 6) is -4.47. The summed E-state index contributed by atoms with van der Waals surface area (Å²) in [6, 6.07) is 0. The zero-order chi connectivity index (χ0) is 11.2. The number of methoxy groups -OCH3 is 1. The summed E-state index contributed by atoms with van der Waals surface area (Å²) in [5, 5.41) is 2.03. The molecule has 2 amide bonds. The fourth-order valence-electron chi connectivity index (χ4n) is 1.74. The second kappa shape index (κ2) is 2.88. The van der Waals surface area contributed by atoms with E-state index >= 15 is 0 Å². The molecule has 1 saturated heterocycles. The lowest BCUT2D eigenvalue weighted by Crippen LogP contribution is -2.56. The molecule has 0 radical (unpaired) electrons. The number of hydrogen-bond acceptors (Lipinski definition) is 5. The molecule has 0 aromatic rings. The Labute approximate surface area is 85.0 Å². The normalized spacial score (nSPS) is 27.5. The van der Waals surface area contributed by atoms with Gasteiger partial charge in [0.05, 0.1) is 7.11 Å². The molecule has 80 valence electrons. The monoisotopic (exact) mass is 211 g/mol. The molecule has 1 N–H and O–H groups in total. The molecule has 6 heteroatoms. The minimum absolute atomic E-state index is 0.401. The summed E-state index contributed by atoms with van der Waals surface area (Å²) in [6.07, 6.45) is 0.802. The van der Waals surface area contributed by atoms with Crippen molar-refractivity contribution in [1.82, 2.24) is 5.32 Å². The van der Waals surface area contributed by atoms with Crippen molar-refractivity contribution in [1.29, 1.82) is 0 Å². The molecule has 1 spiro atoms. The highest BCUT2D eigenvalue weighted by molar-refractivity contribution is 6.31. The zero-order valence-corrected chi connectivity index (χ0v) is 8.03. The van der Waals surface area contributed by atoms with Gasteiger partial charge in [0.2, 0.25) is 11.8 Å². The summed E-state index contributed by atoms with van der Waals surface area (Å²) in [5.41, 5.74) is -1.13. The maximum absolute atomic E-state index is 11.7. The third-order valence-electron chi connectivity index (χ3n) is 2.85. The van der Waals surface area contributed by atoms with Gasteiger partial charge in [-0.05, 0) is 12.8 Å². The summed E-state index contributed by atoms with van der Waals surface area (Å²) < 4.78 is 4.35. The number of ether oxygens (including phenoxy) is 1. The molecule has 1 aliphatic heterocycles. The van der Waals surface area contributed by atoms with E-state index in [-0.39, 0.29) is 0 Å². The molecule has 1 saturated carbocycles. The summed E-state index contributed by atoms with van der Waals surface area (Å²) in [6.45, 7) is 0. The van der Waals surface area contributed by atoms with Crippen molar-refractivity contribution in [3.8, 4) is 0 Å². The van der Waals surface area contributed by atoms with Crippen LogP contribution in [0, 0.1) is 11.3 Å². The lowest BCUT2D eigenvalue weighted by atomic mass is 9.85. The molecule has 2 fully saturated rings. The summed E-state index contributed by atoms with van der Waals surface area (Å²) in [7, 11) is 1.10. The van der Waals surface area contributed by atoms with Crippen LogP contribution in [-0.4, -0.2) is 30.7 Å². The van der Waals surface area contributed by atoms with E-state index in [0.717, 1.165) is 7.11 Å². The number of Topliss-reactive ketones (excluding diaryl/α,β-unsaturated/α-hetero) is 1. The van der Waals surface area contributed by atoms with Crippen LogP contribution in [-0.2, 0) is 23.9 Å². The Morgan fingerprint density at radius 3 is 2.47 bits per heavy atom. The quantitative estimate of drug-likeness (QED) is 0.333. The van der Waals surface area contributed by atoms with Crippen LogP contribution in [0.1, 0.15) is 12.8 Å². The topological polar surface area (TPSA) is 89.5 Å². The highest BCUT2D eigenvalue weighted by Crippen LogP contribution is 2.50. The molecule has 0 aromatic heterocycles.